The summed E-state index contributed by atoms with van der Waals surface area (Å²) in [5, 5.41) is 2.94. The quantitative estimate of drug-likeness (QED) is 0.174. The van der Waals surface area contributed by atoms with Crippen LogP contribution in [0.1, 0.15) is 23.6 Å². The molecule has 0 saturated heterocycles. The van der Waals surface area contributed by atoms with E-state index in [4.69, 9.17) is 17.8 Å². The van der Waals surface area contributed by atoms with Crippen LogP contribution in [0.4, 0.5) is 0 Å². The molecule has 1 aromatic heterocycles. The van der Waals surface area contributed by atoms with Crippen molar-refractivity contribution in [1.29, 1.82) is 0 Å². The normalized spacial score (nSPS) is 15.5. The number of imidazole rings is 1. The molecular formula is C46H32N2. The first-order valence-corrected chi connectivity index (χ1v) is 15.4. The lowest BCUT2D eigenvalue weighted by molar-refractivity contribution is 1.00. The number of fused-ring (bicyclic) bond motifs is 3. The highest BCUT2D eigenvalue weighted by Crippen LogP contribution is 2.45. The van der Waals surface area contributed by atoms with Crippen LogP contribution >= 0.6 is 0 Å². The van der Waals surface area contributed by atoms with Crippen molar-refractivity contribution in [2.24, 2.45) is 0 Å². The van der Waals surface area contributed by atoms with Crippen LogP contribution in [0, 0.1) is 6.85 Å². The van der Waals surface area contributed by atoms with Gasteiger partial charge in [-0.05, 0) is 109 Å². The van der Waals surface area contributed by atoms with Crippen LogP contribution in [0.2, 0.25) is 0 Å². The molecule has 9 aromatic rings. The summed E-state index contributed by atoms with van der Waals surface area (Å²) < 4.78 is 112. The van der Waals surface area contributed by atoms with Crippen LogP contribution in [-0.4, -0.2) is 9.55 Å². The van der Waals surface area contributed by atoms with E-state index in [1.807, 2.05) is 72.8 Å². The number of benzene rings is 8. The third-order valence-electron chi connectivity index (χ3n) is 8.71. The summed E-state index contributed by atoms with van der Waals surface area (Å²) in [5.41, 5.74) is 5.40. The lowest BCUT2D eigenvalue weighted by Gasteiger charge is -2.20. The molecule has 0 amide bonds. The van der Waals surface area contributed by atoms with Gasteiger partial charge in [0.15, 0.2) is 0 Å². The third kappa shape index (κ3) is 4.70. The van der Waals surface area contributed by atoms with Crippen LogP contribution < -0.4 is 0 Å². The van der Waals surface area contributed by atoms with Gasteiger partial charge in [-0.3, -0.25) is 4.57 Å². The van der Waals surface area contributed by atoms with Crippen LogP contribution in [0.3, 0.4) is 0 Å². The van der Waals surface area contributed by atoms with E-state index in [1.54, 1.807) is 47.0 Å². The molecule has 0 aliphatic rings. The Balaban J connectivity index is 1.38. The monoisotopic (exact) mass is 625 g/mol. The van der Waals surface area contributed by atoms with Crippen molar-refractivity contribution in [2.75, 3.05) is 0 Å². The Kier molecular flexibility index (Phi) is 4.23. The minimum atomic E-state index is -2.53. The van der Waals surface area contributed by atoms with E-state index in [1.165, 1.54) is 0 Å². The number of nitrogens with zero attached hydrogens (tertiary/aromatic N) is 2. The Hall–Kier alpha value is -6.25. The highest BCUT2D eigenvalue weighted by molar-refractivity contribution is 6.22. The summed E-state index contributed by atoms with van der Waals surface area (Å²) >= 11 is 0. The molecule has 0 aliphatic heterocycles. The SMILES string of the molecule is [2H]c1c([2H])c([2H])c(-c2cccc(-c3c4ccccc4c(-c4cccc(-n5c(C([2H])([2H])[2H])nc6ccccc65)c4)c4ccc(-c5c([2H])c([2H])c([2H])c([2H])c5[2H])cc34)c2)c([2H])c1[2H]. The van der Waals surface area contributed by atoms with Gasteiger partial charge in [-0.1, -0.05) is 139 Å². The topological polar surface area (TPSA) is 17.8 Å². The Labute approximate surface area is 298 Å². The first-order chi connectivity index (χ1) is 29.1. The molecule has 2 nitrogen and oxygen atoms in total. The van der Waals surface area contributed by atoms with Crippen LogP contribution in [0.25, 0.3) is 82.8 Å². The minimum absolute atomic E-state index is 0.0209. The molecule has 0 atom stereocenters. The average molecular weight is 626 g/mol. The van der Waals surface area contributed by atoms with Crippen molar-refractivity contribution in [2.45, 2.75) is 6.85 Å². The van der Waals surface area contributed by atoms with E-state index >= 15 is 0 Å². The maximum atomic E-state index is 8.83. The van der Waals surface area contributed by atoms with Crippen molar-refractivity contribution < 1.29 is 17.8 Å². The van der Waals surface area contributed by atoms with Gasteiger partial charge in [0.05, 0.1) is 24.7 Å². The van der Waals surface area contributed by atoms with E-state index in [0.29, 0.717) is 44.4 Å². The number of aryl methyl sites for hydroxylation is 1. The van der Waals surface area contributed by atoms with Crippen molar-refractivity contribution in [3.05, 3.63) is 182 Å². The fourth-order valence-electron chi connectivity index (χ4n) is 6.66. The Bertz CT molecular complexity index is 3260. The van der Waals surface area contributed by atoms with E-state index in [2.05, 4.69) is 4.98 Å². The summed E-state index contributed by atoms with van der Waals surface area (Å²) in [5.74, 6) is -0.0850. The van der Waals surface area contributed by atoms with Gasteiger partial charge < -0.3 is 0 Å². The number of para-hydroxylation sites is 2. The van der Waals surface area contributed by atoms with Crippen molar-refractivity contribution in [1.82, 2.24) is 9.55 Å². The maximum Gasteiger partial charge on any atom is 0.111 e. The molecule has 1 heterocycles. The average Bonchev–Trinajstić information content (AvgIpc) is 3.67. The molecule has 9 rings (SSSR count). The zero-order valence-corrected chi connectivity index (χ0v) is 25.4. The lowest BCUT2D eigenvalue weighted by Crippen LogP contribution is -1.98. The van der Waals surface area contributed by atoms with Gasteiger partial charge in [0.25, 0.3) is 0 Å². The van der Waals surface area contributed by atoms with Crippen molar-refractivity contribution in [3.8, 4) is 50.2 Å². The molecule has 2 heteroatoms. The molecule has 0 saturated carbocycles. The first kappa shape index (κ1) is 17.6. The van der Waals surface area contributed by atoms with Crippen LogP contribution in [0.5, 0.6) is 0 Å². The second-order valence-corrected chi connectivity index (χ2v) is 11.4. The van der Waals surface area contributed by atoms with Crippen LogP contribution in [-0.2, 0) is 0 Å². The Morgan fingerprint density at radius 3 is 1.79 bits per heavy atom. The molecular weight excluding hydrogens is 581 g/mol. The standard InChI is InChI=1S/C46H32N2/c1-31-47-43-24-10-11-25-44(43)48(31)38-21-13-20-37(29-38)45-39-22-8-9-23-40(39)46(36-19-12-18-34(28-36)32-14-4-2-5-15-32)42-30-35(26-27-41(42)45)33-16-6-3-7-17-33/h2-30H,1H3/i1D3,2D,3D,4D,5D,6D,7D,14D,15D,16D,17D. The minimum Gasteiger partial charge on any atom is -0.297 e. The molecule has 0 spiro atoms. The zero-order valence-electron chi connectivity index (χ0n) is 38.4. The van der Waals surface area contributed by atoms with E-state index in [0.717, 1.165) is 27.3 Å². The van der Waals surface area contributed by atoms with Crippen molar-refractivity contribution >= 4 is 32.6 Å². The smallest absolute Gasteiger partial charge is 0.111 e. The lowest BCUT2D eigenvalue weighted by atomic mass is 9.84. The second-order valence-electron chi connectivity index (χ2n) is 11.4. The summed E-state index contributed by atoms with van der Waals surface area (Å²) in [6.07, 6.45) is 0. The highest BCUT2D eigenvalue weighted by atomic mass is 15.1. The van der Waals surface area contributed by atoms with E-state index in [-0.39, 0.29) is 41.1 Å². The van der Waals surface area contributed by atoms with Crippen LogP contribution in [0.15, 0.2) is 176 Å². The van der Waals surface area contributed by atoms with E-state index in [9.17, 15) is 0 Å². The van der Waals surface area contributed by atoms with Gasteiger partial charge in [-0.15, -0.1) is 0 Å². The number of rotatable bonds is 5. The Morgan fingerprint density at radius 2 is 1.06 bits per heavy atom. The van der Waals surface area contributed by atoms with Gasteiger partial charge >= 0.3 is 0 Å². The summed E-state index contributed by atoms with van der Waals surface area (Å²) in [4.78, 5) is 4.51. The van der Waals surface area contributed by atoms with Gasteiger partial charge in [0.1, 0.15) is 5.82 Å². The molecule has 0 radical (unpaired) electrons. The molecule has 0 fully saturated rings. The molecule has 0 N–H and O–H groups in total. The van der Waals surface area contributed by atoms with Gasteiger partial charge in [-0.2, -0.15) is 0 Å². The molecule has 226 valence electrons. The number of aromatic nitrogens is 2. The molecule has 0 unspecified atom stereocenters. The number of hydrogen-bond donors (Lipinski definition) is 0. The molecule has 48 heavy (non-hydrogen) atoms. The highest BCUT2D eigenvalue weighted by Gasteiger charge is 2.19. The predicted octanol–water partition coefficient (Wildman–Crippen LogP) is 12.3. The fourth-order valence-corrected chi connectivity index (χ4v) is 6.66. The fraction of sp³-hybridized carbons (Fsp3) is 0.0217. The molecule has 0 bridgehead atoms. The van der Waals surface area contributed by atoms with Crippen molar-refractivity contribution in [3.63, 3.8) is 0 Å². The van der Waals surface area contributed by atoms with Gasteiger partial charge in [-0.25, -0.2) is 4.98 Å². The Morgan fingerprint density at radius 1 is 0.479 bits per heavy atom. The van der Waals surface area contributed by atoms with E-state index < -0.39 is 43.1 Å². The summed E-state index contributed by atoms with van der Waals surface area (Å²) in [7, 11) is 0. The summed E-state index contributed by atoms with van der Waals surface area (Å²) in [6.45, 7) is -2.53. The summed E-state index contributed by atoms with van der Waals surface area (Å²) in [6, 6.07) is 30.6. The largest absolute Gasteiger partial charge is 0.297 e. The second kappa shape index (κ2) is 11.5. The predicted molar refractivity (Wildman–Crippen MR) is 203 cm³/mol. The number of hydrogen-bond acceptors (Lipinski definition) is 1. The molecule has 0 aliphatic carbocycles. The van der Waals surface area contributed by atoms with Gasteiger partial charge in [0, 0.05) is 9.80 Å². The maximum absolute atomic E-state index is 8.83. The first-order valence-electron chi connectivity index (χ1n) is 21.9. The zero-order chi connectivity index (χ0) is 43.2. The van der Waals surface area contributed by atoms with Gasteiger partial charge in [0.2, 0.25) is 0 Å². The third-order valence-corrected chi connectivity index (χ3v) is 8.71. The molecule has 8 aromatic carbocycles.